The number of carbonyl (C=O) groups excluding carboxylic acids is 1. The number of hydrogen-bond donors (Lipinski definition) is 2. The van der Waals surface area contributed by atoms with Crippen molar-refractivity contribution in [1.82, 2.24) is 10.0 Å². The lowest BCUT2D eigenvalue weighted by atomic mass is 10.1. The SMILES string of the molecule is CCCNC(=O)c1ccc(S(=O)(=O)NCCc2ccccc2OC)cc1. The van der Waals surface area contributed by atoms with Gasteiger partial charge in [-0.1, -0.05) is 25.1 Å². The molecule has 0 aliphatic rings. The molecule has 6 nitrogen and oxygen atoms in total. The van der Waals surface area contributed by atoms with E-state index in [-0.39, 0.29) is 17.3 Å². The molecule has 0 bridgehead atoms. The van der Waals surface area contributed by atoms with Gasteiger partial charge in [0.05, 0.1) is 12.0 Å². The molecular weight excluding hydrogens is 352 g/mol. The molecule has 0 saturated carbocycles. The molecule has 2 rings (SSSR count). The Kier molecular flexibility index (Phi) is 7.17. The van der Waals surface area contributed by atoms with E-state index in [1.807, 2.05) is 31.2 Å². The van der Waals surface area contributed by atoms with Gasteiger partial charge in [0.2, 0.25) is 10.0 Å². The molecule has 0 aliphatic carbocycles. The Morgan fingerprint density at radius 3 is 2.38 bits per heavy atom. The van der Waals surface area contributed by atoms with Gasteiger partial charge >= 0.3 is 0 Å². The summed E-state index contributed by atoms with van der Waals surface area (Å²) < 4.78 is 32.6. The van der Waals surface area contributed by atoms with E-state index in [1.165, 1.54) is 24.3 Å². The number of carbonyl (C=O) groups is 1. The van der Waals surface area contributed by atoms with Crippen molar-refractivity contribution in [3.63, 3.8) is 0 Å². The molecule has 0 saturated heterocycles. The van der Waals surface area contributed by atoms with Crippen molar-refractivity contribution in [3.05, 3.63) is 59.7 Å². The lowest BCUT2D eigenvalue weighted by molar-refractivity contribution is 0.0953. The van der Waals surface area contributed by atoms with Crippen molar-refractivity contribution < 1.29 is 17.9 Å². The van der Waals surface area contributed by atoms with Crippen LogP contribution in [0.15, 0.2) is 53.4 Å². The van der Waals surface area contributed by atoms with E-state index in [4.69, 9.17) is 4.74 Å². The Bertz CT molecular complexity index is 833. The summed E-state index contributed by atoms with van der Waals surface area (Å²) in [5, 5.41) is 2.75. The van der Waals surface area contributed by atoms with Crippen LogP contribution >= 0.6 is 0 Å². The maximum Gasteiger partial charge on any atom is 0.251 e. The minimum Gasteiger partial charge on any atom is -0.496 e. The summed E-state index contributed by atoms with van der Waals surface area (Å²) in [7, 11) is -2.05. The third kappa shape index (κ3) is 5.31. The summed E-state index contributed by atoms with van der Waals surface area (Å²) in [6.07, 6.45) is 1.36. The molecule has 0 unspecified atom stereocenters. The first-order valence-electron chi connectivity index (χ1n) is 8.47. The zero-order valence-electron chi connectivity index (χ0n) is 15.0. The van der Waals surface area contributed by atoms with Gasteiger partial charge in [-0.15, -0.1) is 0 Å². The monoisotopic (exact) mass is 376 g/mol. The Morgan fingerprint density at radius 1 is 1.04 bits per heavy atom. The summed E-state index contributed by atoms with van der Waals surface area (Å²) in [5.74, 6) is 0.522. The van der Waals surface area contributed by atoms with Crippen LogP contribution in [0.25, 0.3) is 0 Å². The number of nitrogens with one attached hydrogen (secondary N) is 2. The number of rotatable bonds is 9. The third-order valence-corrected chi connectivity index (χ3v) is 5.32. The number of benzene rings is 2. The van der Waals surface area contributed by atoms with Crippen molar-refractivity contribution in [1.29, 1.82) is 0 Å². The van der Waals surface area contributed by atoms with Crippen molar-refractivity contribution in [2.24, 2.45) is 0 Å². The largest absolute Gasteiger partial charge is 0.496 e. The van der Waals surface area contributed by atoms with Gasteiger partial charge in [-0.25, -0.2) is 13.1 Å². The molecule has 2 aromatic rings. The second kappa shape index (κ2) is 9.35. The van der Waals surface area contributed by atoms with E-state index in [1.54, 1.807) is 7.11 Å². The molecule has 1 amide bonds. The normalized spacial score (nSPS) is 11.2. The highest BCUT2D eigenvalue weighted by molar-refractivity contribution is 7.89. The van der Waals surface area contributed by atoms with Crippen molar-refractivity contribution in [2.45, 2.75) is 24.7 Å². The van der Waals surface area contributed by atoms with Crippen molar-refractivity contribution >= 4 is 15.9 Å². The quantitative estimate of drug-likeness (QED) is 0.704. The molecule has 26 heavy (non-hydrogen) atoms. The number of sulfonamides is 1. The lowest BCUT2D eigenvalue weighted by Gasteiger charge is -2.10. The van der Waals surface area contributed by atoms with Gasteiger partial charge in [-0.2, -0.15) is 0 Å². The first-order valence-corrected chi connectivity index (χ1v) is 9.96. The van der Waals surface area contributed by atoms with E-state index in [9.17, 15) is 13.2 Å². The topological polar surface area (TPSA) is 84.5 Å². The van der Waals surface area contributed by atoms with Crippen LogP contribution in [0.4, 0.5) is 0 Å². The van der Waals surface area contributed by atoms with Gasteiger partial charge in [0, 0.05) is 18.7 Å². The van der Waals surface area contributed by atoms with Crippen LogP contribution < -0.4 is 14.8 Å². The molecule has 140 valence electrons. The fourth-order valence-corrected chi connectivity index (χ4v) is 3.47. The van der Waals surface area contributed by atoms with Gasteiger partial charge in [-0.05, 0) is 48.7 Å². The van der Waals surface area contributed by atoms with Crippen LogP contribution in [-0.2, 0) is 16.4 Å². The number of amides is 1. The Hall–Kier alpha value is -2.38. The molecule has 7 heteroatoms. The molecule has 0 aromatic heterocycles. The Balaban J connectivity index is 1.98. The Morgan fingerprint density at radius 2 is 1.73 bits per heavy atom. The van der Waals surface area contributed by atoms with Crippen LogP contribution in [0.5, 0.6) is 5.75 Å². The minimum atomic E-state index is -3.63. The van der Waals surface area contributed by atoms with Gasteiger partial charge < -0.3 is 10.1 Å². The summed E-state index contributed by atoms with van der Waals surface area (Å²) >= 11 is 0. The molecule has 0 fully saturated rings. The van der Waals surface area contributed by atoms with Crippen LogP contribution in [0, 0.1) is 0 Å². The zero-order chi connectivity index (χ0) is 19.0. The standard InChI is InChI=1S/C19H24N2O4S/c1-3-13-20-19(22)16-8-10-17(11-9-16)26(23,24)21-14-12-15-6-4-5-7-18(15)25-2/h4-11,21H,3,12-14H2,1-2H3,(H,20,22). The minimum absolute atomic E-state index is 0.129. The van der Waals surface area contributed by atoms with Crippen LogP contribution in [-0.4, -0.2) is 34.5 Å². The first kappa shape index (κ1) is 19.9. The molecule has 2 N–H and O–H groups in total. The number of methoxy groups -OCH3 is 1. The number of hydrogen-bond acceptors (Lipinski definition) is 4. The summed E-state index contributed by atoms with van der Waals surface area (Å²) in [5.41, 5.74) is 1.37. The number of para-hydroxylation sites is 1. The third-order valence-electron chi connectivity index (χ3n) is 3.84. The second-order valence-electron chi connectivity index (χ2n) is 5.74. The smallest absolute Gasteiger partial charge is 0.251 e. The highest BCUT2D eigenvalue weighted by Crippen LogP contribution is 2.17. The number of ether oxygens (including phenoxy) is 1. The predicted octanol–water partition coefficient (Wildman–Crippen LogP) is 2.36. The van der Waals surface area contributed by atoms with Crippen molar-refractivity contribution in [2.75, 3.05) is 20.2 Å². The fourth-order valence-electron chi connectivity index (χ4n) is 2.44. The van der Waals surface area contributed by atoms with E-state index >= 15 is 0 Å². The maximum atomic E-state index is 12.4. The zero-order valence-corrected chi connectivity index (χ0v) is 15.8. The predicted molar refractivity (Wildman–Crippen MR) is 101 cm³/mol. The molecule has 0 heterocycles. The highest BCUT2D eigenvalue weighted by Gasteiger charge is 2.15. The van der Waals surface area contributed by atoms with Gasteiger partial charge in [0.1, 0.15) is 5.75 Å². The fraction of sp³-hybridized carbons (Fsp3) is 0.316. The lowest BCUT2D eigenvalue weighted by Crippen LogP contribution is -2.26. The first-order chi connectivity index (χ1) is 12.5. The van der Waals surface area contributed by atoms with Crippen LogP contribution in [0.2, 0.25) is 0 Å². The highest BCUT2D eigenvalue weighted by atomic mass is 32.2. The average molecular weight is 376 g/mol. The second-order valence-corrected chi connectivity index (χ2v) is 7.51. The molecular formula is C19H24N2O4S. The Labute approximate surface area is 154 Å². The summed E-state index contributed by atoms with van der Waals surface area (Å²) in [6.45, 7) is 2.80. The van der Waals surface area contributed by atoms with Crippen molar-refractivity contribution in [3.8, 4) is 5.75 Å². The molecule has 2 aromatic carbocycles. The molecule has 0 atom stereocenters. The van der Waals surface area contributed by atoms with E-state index in [0.29, 0.717) is 18.5 Å². The van der Waals surface area contributed by atoms with E-state index in [2.05, 4.69) is 10.0 Å². The van der Waals surface area contributed by atoms with E-state index in [0.717, 1.165) is 17.7 Å². The van der Waals surface area contributed by atoms with Gasteiger partial charge in [-0.3, -0.25) is 4.79 Å². The molecule has 0 aliphatic heterocycles. The molecule has 0 spiro atoms. The maximum absolute atomic E-state index is 12.4. The van der Waals surface area contributed by atoms with Gasteiger partial charge in [0.25, 0.3) is 5.91 Å². The van der Waals surface area contributed by atoms with E-state index < -0.39 is 10.0 Å². The average Bonchev–Trinajstić information content (AvgIpc) is 2.66. The van der Waals surface area contributed by atoms with Crippen LogP contribution in [0.3, 0.4) is 0 Å². The van der Waals surface area contributed by atoms with Gasteiger partial charge in [0.15, 0.2) is 0 Å². The molecule has 0 radical (unpaired) electrons. The summed E-state index contributed by atoms with van der Waals surface area (Å²) in [4.78, 5) is 12.0. The summed E-state index contributed by atoms with van der Waals surface area (Å²) in [6, 6.07) is 13.4. The van der Waals surface area contributed by atoms with Crippen LogP contribution in [0.1, 0.15) is 29.3 Å².